The van der Waals surface area contributed by atoms with Crippen LogP contribution in [0, 0.1) is 0 Å². The third-order valence-electron chi connectivity index (χ3n) is 3.51. The summed E-state index contributed by atoms with van der Waals surface area (Å²) in [4.78, 5) is 0. The van der Waals surface area contributed by atoms with Gasteiger partial charge in [0.05, 0.1) is 6.10 Å². The van der Waals surface area contributed by atoms with E-state index in [1.807, 2.05) is 12.3 Å². The second kappa shape index (κ2) is 7.69. The molecular weight excluding hydrogens is 308 g/mol. The quantitative estimate of drug-likeness (QED) is 0.715. The highest BCUT2D eigenvalue weighted by Crippen LogP contribution is 2.22. The summed E-state index contributed by atoms with van der Waals surface area (Å²) in [6.45, 7) is 6.34. The van der Waals surface area contributed by atoms with Gasteiger partial charge in [-0.25, -0.2) is 13.1 Å². The molecule has 21 heavy (non-hydrogen) atoms. The van der Waals surface area contributed by atoms with E-state index in [0.29, 0.717) is 10.8 Å². The smallest absolute Gasteiger partial charge is 0.250 e. The Morgan fingerprint density at radius 1 is 1.52 bits per heavy atom. The maximum Gasteiger partial charge on any atom is 0.250 e. The molecule has 5 nitrogen and oxygen atoms in total. The van der Waals surface area contributed by atoms with Gasteiger partial charge in [-0.2, -0.15) is 0 Å². The van der Waals surface area contributed by atoms with E-state index >= 15 is 0 Å². The van der Waals surface area contributed by atoms with Crippen LogP contribution in [0.3, 0.4) is 0 Å². The molecule has 0 bridgehead atoms. The summed E-state index contributed by atoms with van der Waals surface area (Å²) in [5.74, 6) is 0. The Morgan fingerprint density at radius 3 is 3.00 bits per heavy atom. The monoisotopic (exact) mass is 332 g/mol. The van der Waals surface area contributed by atoms with E-state index < -0.39 is 10.0 Å². The molecule has 1 aliphatic heterocycles. The zero-order valence-electron chi connectivity index (χ0n) is 12.6. The molecule has 0 radical (unpaired) electrons. The highest BCUT2D eigenvalue weighted by molar-refractivity contribution is 7.91. The van der Waals surface area contributed by atoms with Crippen LogP contribution in [0.2, 0.25) is 0 Å². The topological polar surface area (TPSA) is 67.4 Å². The average molecular weight is 332 g/mol. The van der Waals surface area contributed by atoms with Crippen LogP contribution in [0.4, 0.5) is 0 Å². The van der Waals surface area contributed by atoms with Crippen LogP contribution in [0.25, 0.3) is 0 Å². The molecule has 1 aromatic rings. The zero-order valence-corrected chi connectivity index (χ0v) is 14.2. The van der Waals surface area contributed by atoms with Crippen molar-refractivity contribution in [2.75, 3.05) is 13.2 Å². The van der Waals surface area contributed by atoms with Crippen molar-refractivity contribution in [2.24, 2.45) is 0 Å². The van der Waals surface area contributed by atoms with Crippen LogP contribution in [0.15, 0.2) is 15.7 Å². The van der Waals surface area contributed by atoms with E-state index in [-0.39, 0.29) is 12.1 Å². The summed E-state index contributed by atoms with van der Waals surface area (Å²) >= 11 is 1.27. The number of sulfonamides is 1. The number of rotatable bonds is 8. The molecule has 2 heterocycles. The van der Waals surface area contributed by atoms with Crippen LogP contribution in [-0.2, 0) is 21.3 Å². The van der Waals surface area contributed by atoms with Gasteiger partial charge < -0.3 is 10.1 Å². The molecule has 2 unspecified atom stereocenters. The Kier molecular flexibility index (Phi) is 6.19. The lowest BCUT2D eigenvalue weighted by atomic mass is 10.1. The minimum atomic E-state index is -3.45. The largest absolute Gasteiger partial charge is 0.377 e. The number of nitrogens with one attached hydrogen (secondary N) is 2. The number of thiophene rings is 1. The molecule has 2 rings (SSSR count). The lowest BCUT2D eigenvalue weighted by Gasteiger charge is -2.19. The molecule has 2 N–H and O–H groups in total. The van der Waals surface area contributed by atoms with Gasteiger partial charge in [0.1, 0.15) is 4.21 Å². The highest BCUT2D eigenvalue weighted by Gasteiger charge is 2.27. The molecule has 1 aliphatic rings. The van der Waals surface area contributed by atoms with E-state index in [1.54, 1.807) is 6.07 Å². The highest BCUT2D eigenvalue weighted by atomic mass is 32.2. The van der Waals surface area contributed by atoms with Gasteiger partial charge in [0.15, 0.2) is 0 Å². The van der Waals surface area contributed by atoms with Crippen LogP contribution >= 0.6 is 11.3 Å². The van der Waals surface area contributed by atoms with Crippen molar-refractivity contribution in [2.45, 2.75) is 56.0 Å². The molecule has 1 fully saturated rings. The minimum absolute atomic E-state index is 0.00886. The van der Waals surface area contributed by atoms with E-state index in [4.69, 9.17) is 4.74 Å². The molecule has 0 aromatic carbocycles. The van der Waals surface area contributed by atoms with Gasteiger partial charge in [0.2, 0.25) is 10.0 Å². The van der Waals surface area contributed by atoms with E-state index in [9.17, 15) is 8.42 Å². The number of hydrogen-bond acceptors (Lipinski definition) is 5. The van der Waals surface area contributed by atoms with Crippen molar-refractivity contribution in [1.82, 2.24) is 10.0 Å². The molecule has 1 aromatic heterocycles. The SMILES string of the molecule is CCCNCc1csc(S(=O)(=O)NC(C)C2CCCO2)c1. The van der Waals surface area contributed by atoms with Crippen molar-refractivity contribution in [3.63, 3.8) is 0 Å². The first-order chi connectivity index (χ1) is 10.0. The fourth-order valence-electron chi connectivity index (χ4n) is 2.37. The Hall–Kier alpha value is -0.470. The van der Waals surface area contributed by atoms with Crippen LogP contribution < -0.4 is 10.0 Å². The molecule has 120 valence electrons. The summed E-state index contributed by atoms with van der Waals surface area (Å²) in [6.07, 6.45) is 2.98. The molecule has 7 heteroatoms. The van der Waals surface area contributed by atoms with Crippen molar-refractivity contribution in [1.29, 1.82) is 0 Å². The van der Waals surface area contributed by atoms with Crippen molar-refractivity contribution in [3.8, 4) is 0 Å². The molecule has 1 saturated heterocycles. The predicted octanol–water partition coefficient (Wildman–Crippen LogP) is 2.09. The van der Waals surface area contributed by atoms with E-state index in [2.05, 4.69) is 17.0 Å². The third-order valence-corrected chi connectivity index (χ3v) is 6.56. The van der Waals surface area contributed by atoms with Crippen LogP contribution in [0.5, 0.6) is 0 Å². The summed E-state index contributed by atoms with van der Waals surface area (Å²) in [7, 11) is -3.45. The summed E-state index contributed by atoms with van der Waals surface area (Å²) in [6, 6.07) is 1.55. The second-order valence-electron chi connectivity index (χ2n) is 5.41. The first-order valence-electron chi connectivity index (χ1n) is 7.45. The second-order valence-corrected chi connectivity index (χ2v) is 8.26. The average Bonchev–Trinajstić information content (AvgIpc) is 3.10. The minimum Gasteiger partial charge on any atom is -0.377 e. The molecule has 0 amide bonds. The Labute approximate surface area is 131 Å². The first-order valence-corrected chi connectivity index (χ1v) is 9.81. The van der Waals surface area contributed by atoms with E-state index in [0.717, 1.165) is 38.0 Å². The predicted molar refractivity (Wildman–Crippen MR) is 85.1 cm³/mol. The van der Waals surface area contributed by atoms with Crippen molar-refractivity contribution < 1.29 is 13.2 Å². The van der Waals surface area contributed by atoms with E-state index in [1.165, 1.54) is 11.3 Å². The standard InChI is InChI=1S/C14H24N2O3S2/c1-3-6-15-9-12-8-14(20-10-12)21(17,18)16-11(2)13-5-4-7-19-13/h8,10-11,13,15-16H,3-7,9H2,1-2H3. The maximum absolute atomic E-state index is 12.4. The van der Waals surface area contributed by atoms with Gasteiger partial charge in [-0.15, -0.1) is 11.3 Å². The van der Waals surface area contributed by atoms with Gasteiger partial charge in [-0.05, 0) is 49.7 Å². The Bertz CT molecular complexity index is 536. The van der Waals surface area contributed by atoms with Gasteiger partial charge >= 0.3 is 0 Å². The normalized spacial score (nSPS) is 20.8. The Morgan fingerprint density at radius 2 is 2.33 bits per heavy atom. The maximum atomic E-state index is 12.4. The zero-order chi connectivity index (χ0) is 15.3. The van der Waals surface area contributed by atoms with Crippen LogP contribution in [-0.4, -0.2) is 33.7 Å². The fraction of sp³-hybridized carbons (Fsp3) is 0.714. The molecule has 0 saturated carbocycles. The summed E-state index contributed by atoms with van der Waals surface area (Å²) in [5, 5.41) is 5.17. The molecular formula is C14H24N2O3S2. The lowest BCUT2D eigenvalue weighted by molar-refractivity contribution is 0.0902. The molecule has 2 atom stereocenters. The number of ether oxygens (including phenoxy) is 1. The van der Waals surface area contributed by atoms with Crippen molar-refractivity contribution in [3.05, 3.63) is 17.0 Å². The van der Waals surface area contributed by atoms with Crippen LogP contribution in [0.1, 0.15) is 38.7 Å². The van der Waals surface area contributed by atoms with Gasteiger partial charge in [0.25, 0.3) is 0 Å². The van der Waals surface area contributed by atoms with Crippen molar-refractivity contribution >= 4 is 21.4 Å². The molecule has 0 spiro atoms. The van der Waals surface area contributed by atoms with Gasteiger partial charge in [0, 0.05) is 19.2 Å². The molecule has 0 aliphatic carbocycles. The summed E-state index contributed by atoms with van der Waals surface area (Å²) in [5.41, 5.74) is 1.01. The Balaban J connectivity index is 1.95. The first kappa shape index (κ1) is 16.9. The van der Waals surface area contributed by atoms with Gasteiger partial charge in [-0.1, -0.05) is 6.92 Å². The fourth-order valence-corrected chi connectivity index (χ4v) is 4.87. The number of hydrogen-bond donors (Lipinski definition) is 2. The summed E-state index contributed by atoms with van der Waals surface area (Å²) < 4.78 is 33.4. The third kappa shape index (κ3) is 4.75. The van der Waals surface area contributed by atoms with Gasteiger partial charge in [-0.3, -0.25) is 0 Å². The lowest BCUT2D eigenvalue weighted by Crippen LogP contribution is -2.40.